The summed E-state index contributed by atoms with van der Waals surface area (Å²) in [6.45, 7) is 3.47. The normalized spacial score (nSPS) is 24.5. The van der Waals surface area contributed by atoms with Gasteiger partial charge in [0.2, 0.25) is 0 Å². The number of thiazole rings is 1. The molecule has 0 aliphatic carbocycles. The number of piperidine rings is 1. The van der Waals surface area contributed by atoms with Crippen LogP contribution in [0.25, 0.3) is 10.2 Å². The third kappa shape index (κ3) is 2.73. The van der Waals surface area contributed by atoms with E-state index in [-0.39, 0.29) is 0 Å². The topological polar surface area (TPSA) is 24.9 Å². The molecule has 2 unspecified atom stereocenters. The summed E-state index contributed by atoms with van der Waals surface area (Å²) in [5, 5.41) is 4.88. The number of aryl methyl sites for hydroxylation is 1. The van der Waals surface area contributed by atoms with E-state index in [9.17, 15) is 0 Å². The number of hydrogen-bond acceptors (Lipinski definition) is 3. The molecule has 0 spiro atoms. The summed E-state index contributed by atoms with van der Waals surface area (Å²) in [4.78, 5) is 4.71. The summed E-state index contributed by atoms with van der Waals surface area (Å²) in [6.07, 6.45) is 5.11. The van der Waals surface area contributed by atoms with Crippen molar-refractivity contribution in [2.45, 2.75) is 38.6 Å². The molecule has 1 N–H and O–H groups in total. The van der Waals surface area contributed by atoms with Gasteiger partial charge in [-0.1, -0.05) is 12.1 Å². The van der Waals surface area contributed by atoms with Gasteiger partial charge in [0.25, 0.3) is 0 Å². The summed E-state index contributed by atoms with van der Waals surface area (Å²) in [7, 11) is 0. The Morgan fingerprint density at radius 1 is 1.33 bits per heavy atom. The minimum absolute atomic E-state index is 0.712. The Hall–Kier alpha value is -0.930. The average molecular weight is 260 g/mol. The highest BCUT2D eigenvalue weighted by Crippen LogP contribution is 2.25. The molecule has 2 atom stereocenters. The van der Waals surface area contributed by atoms with Gasteiger partial charge in [0.1, 0.15) is 0 Å². The van der Waals surface area contributed by atoms with Crippen LogP contribution in [0.15, 0.2) is 24.3 Å². The Balaban J connectivity index is 1.59. The first-order valence-corrected chi connectivity index (χ1v) is 7.71. The fourth-order valence-corrected chi connectivity index (χ4v) is 3.64. The van der Waals surface area contributed by atoms with Crippen molar-refractivity contribution in [1.29, 1.82) is 0 Å². The van der Waals surface area contributed by atoms with Crippen molar-refractivity contribution in [3.63, 3.8) is 0 Å². The highest BCUT2D eigenvalue weighted by atomic mass is 32.1. The molecule has 1 aliphatic rings. The quantitative estimate of drug-likeness (QED) is 0.911. The molecule has 2 nitrogen and oxygen atoms in total. The van der Waals surface area contributed by atoms with Gasteiger partial charge in [-0.25, -0.2) is 4.98 Å². The first-order valence-electron chi connectivity index (χ1n) is 6.89. The number of fused-ring (bicyclic) bond motifs is 1. The number of aromatic nitrogens is 1. The molecule has 96 valence electrons. The first-order chi connectivity index (χ1) is 8.81. The number of benzene rings is 1. The van der Waals surface area contributed by atoms with Crippen molar-refractivity contribution >= 4 is 21.6 Å². The van der Waals surface area contributed by atoms with Gasteiger partial charge in [-0.2, -0.15) is 0 Å². The Morgan fingerprint density at radius 3 is 3.00 bits per heavy atom. The molecule has 0 saturated carbocycles. The van der Waals surface area contributed by atoms with E-state index in [4.69, 9.17) is 4.98 Å². The van der Waals surface area contributed by atoms with Crippen molar-refractivity contribution < 1.29 is 0 Å². The largest absolute Gasteiger partial charge is 0.314 e. The molecule has 0 radical (unpaired) electrons. The van der Waals surface area contributed by atoms with Crippen molar-refractivity contribution in [1.82, 2.24) is 10.3 Å². The van der Waals surface area contributed by atoms with Crippen LogP contribution >= 0.6 is 11.3 Å². The van der Waals surface area contributed by atoms with E-state index < -0.39 is 0 Å². The van der Waals surface area contributed by atoms with Gasteiger partial charge in [-0.15, -0.1) is 11.3 Å². The fraction of sp³-hybridized carbons (Fsp3) is 0.533. The van der Waals surface area contributed by atoms with Gasteiger partial charge in [0.15, 0.2) is 0 Å². The van der Waals surface area contributed by atoms with Crippen LogP contribution in [0.5, 0.6) is 0 Å². The summed E-state index contributed by atoms with van der Waals surface area (Å²) >= 11 is 1.85. The predicted octanol–water partition coefficient (Wildman–Crippen LogP) is 3.62. The average Bonchev–Trinajstić information content (AvgIpc) is 2.81. The van der Waals surface area contributed by atoms with Crippen LogP contribution in [0.3, 0.4) is 0 Å². The Morgan fingerprint density at radius 2 is 2.22 bits per heavy atom. The highest BCUT2D eigenvalue weighted by Gasteiger charge is 2.17. The first kappa shape index (κ1) is 12.1. The maximum atomic E-state index is 4.71. The Kier molecular flexibility index (Phi) is 3.62. The van der Waals surface area contributed by atoms with Crippen LogP contribution < -0.4 is 5.32 Å². The van der Waals surface area contributed by atoms with E-state index in [1.165, 1.54) is 35.5 Å². The molecule has 2 aromatic rings. The van der Waals surface area contributed by atoms with Crippen LogP contribution in [-0.2, 0) is 6.42 Å². The van der Waals surface area contributed by atoms with E-state index in [0.717, 1.165) is 17.9 Å². The predicted molar refractivity (Wildman–Crippen MR) is 78.1 cm³/mol. The second-order valence-corrected chi connectivity index (χ2v) is 6.48. The lowest BCUT2D eigenvalue weighted by atomic mass is 9.92. The molecule has 1 aromatic carbocycles. The van der Waals surface area contributed by atoms with Gasteiger partial charge >= 0.3 is 0 Å². The molecule has 2 heterocycles. The van der Waals surface area contributed by atoms with Crippen molar-refractivity contribution in [2.24, 2.45) is 5.92 Å². The molecule has 0 bridgehead atoms. The summed E-state index contributed by atoms with van der Waals surface area (Å²) in [5.74, 6) is 0.841. The third-order valence-electron chi connectivity index (χ3n) is 3.87. The number of nitrogens with one attached hydrogen (secondary N) is 1. The number of nitrogens with zero attached hydrogens (tertiary/aromatic N) is 1. The molecule has 3 heteroatoms. The third-order valence-corrected chi connectivity index (χ3v) is 4.96. The maximum absolute atomic E-state index is 4.71. The zero-order valence-electron chi connectivity index (χ0n) is 10.9. The number of rotatable bonds is 3. The molecule has 1 aliphatic heterocycles. The molecule has 18 heavy (non-hydrogen) atoms. The van der Waals surface area contributed by atoms with Crippen LogP contribution in [-0.4, -0.2) is 17.6 Å². The Bertz CT molecular complexity index is 479. The number of hydrogen-bond donors (Lipinski definition) is 1. The standard InChI is InChI=1S/C15H20N2S/c1-11-6-7-12(10-16-11)8-9-15-17-13-4-2-3-5-14(13)18-15/h2-5,11-12,16H,6-10H2,1H3. The fourth-order valence-electron chi connectivity index (χ4n) is 2.66. The lowest BCUT2D eigenvalue weighted by molar-refractivity contribution is 0.309. The zero-order valence-corrected chi connectivity index (χ0v) is 11.7. The van der Waals surface area contributed by atoms with Crippen molar-refractivity contribution in [3.05, 3.63) is 29.3 Å². The molecular weight excluding hydrogens is 240 g/mol. The summed E-state index contributed by atoms with van der Waals surface area (Å²) < 4.78 is 1.32. The van der Waals surface area contributed by atoms with E-state index >= 15 is 0 Å². The van der Waals surface area contributed by atoms with E-state index in [2.05, 4.69) is 36.5 Å². The number of para-hydroxylation sites is 1. The minimum Gasteiger partial charge on any atom is -0.314 e. The van der Waals surface area contributed by atoms with Crippen LogP contribution in [0, 0.1) is 5.92 Å². The van der Waals surface area contributed by atoms with Crippen LogP contribution in [0.4, 0.5) is 0 Å². The summed E-state index contributed by atoms with van der Waals surface area (Å²) in [6, 6.07) is 9.15. The lowest BCUT2D eigenvalue weighted by Crippen LogP contribution is -2.36. The summed E-state index contributed by atoms with van der Waals surface area (Å²) in [5.41, 5.74) is 1.16. The zero-order chi connectivity index (χ0) is 12.4. The molecule has 0 amide bonds. The van der Waals surface area contributed by atoms with Crippen LogP contribution in [0.1, 0.15) is 31.2 Å². The monoisotopic (exact) mass is 260 g/mol. The SMILES string of the molecule is CC1CCC(CCc2nc3ccccc3s2)CN1. The molecule has 3 rings (SSSR count). The van der Waals surface area contributed by atoms with Gasteiger partial charge in [-0.05, 0) is 57.2 Å². The van der Waals surface area contributed by atoms with Gasteiger partial charge in [0.05, 0.1) is 15.2 Å². The molecule has 1 saturated heterocycles. The lowest BCUT2D eigenvalue weighted by Gasteiger charge is -2.27. The molecule has 1 fully saturated rings. The Labute approximate surface area is 112 Å². The van der Waals surface area contributed by atoms with Crippen LogP contribution in [0.2, 0.25) is 0 Å². The van der Waals surface area contributed by atoms with Gasteiger partial charge in [0, 0.05) is 6.04 Å². The van der Waals surface area contributed by atoms with Gasteiger partial charge < -0.3 is 5.32 Å². The highest BCUT2D eigenvalue weighted by molar-refractivity contribution is 7.18. The van der Waals surface area contributed by atoms with Crippen molar-refractivity contribution in [3.8, 4) is 0 Å². The van der Waals surface area contributed by atoms with E-state index in [0.29, 0.717) is 6.04 Å². The van der Waals surface area contributed by atoms with Crippen molar-refractivity contribution in [2.75, 3.05) is 6.54 Å². The van der Waals surface area contributed by atoms with E-state index in [1.54, 1.807) is 0 Å². The second-order valence-electron chi connectivity index (χ2n) is 5.37. The van der Waals surface area contributed by atoms with E-state index in [1.807, 2.05) is 11.3 Å². The smallest absolute Gasteiger partial charge is 0.0938 e. The minimum atomic E-state index is 0.712. The molecule has 1 aromatic heterocycles. The molecular formula is C15H20N2S. The second kappa shape index (κ2) is 5.37. The van der Waals surface area contributed by atoms with Gasteiger partial charge in [-0.3, -0.25) is 0 Å². The maximum Gasteiger partial charge on any atom is 0.0938 e.